The van der Waals surface area contributed by atoms with Gasteiger partial charge in [0.15, 0.2) is 16.7 Å². The monoisotopic (exact) mass is 490 g/mol. The van der Waals surface area contributed by atoms with E-state index in [4.69, 9.17) is 9.47 Å². The number of thioether (sulfide) groups is 1. The SMILES string of the molecule is COc1cc(C=C2SC(NC(C)=O)=NC2=O)c(Br)c(Br)c1OC(C)=O. The number of hydrogen-bond donors (Lipinski definition) is 1. The molecule has 132 valence electrons. The quantitative estimate of drug-likeness (QED) is 0.396. The van der Waals surface area contributed by atoms with Crippen molar-refractivity contribution in [2.75, 3.05) is 7.11 Å². The highest BCUT2D eigenvalue weighted by molar-refractivity contribution is 9.13. The van der Waals surface area contributed by atoms with Crippen LogP contribution in [0.15, 0.2) is 24.9 Å². The van der Waals surface area contributed by atoms with Gasteiger partial charge in [0.25, 0.3) is 5.91 Å². The Bertz CT molecular complexity index is 836. The topological polar surface area (TPSA) is 94.1 Å². The van der Waals surface area contributed by atoms with Gasteiger partial charge in [0.1, 0.15) is 0 Å². The van der Waals surface area contributed by atoms with E-state index in [2.05, 4.69) is 42.2 Å². The lowest BCUT2D eigenvalue weighted by molar-refractivity contribution is -0.132. The lowest BCUT2D eigenvalue weighted by Crippen LogP contribution is -2.23. The fraction of sp³-hybridized carbons (Fsp3) is 0.200. The minimum absolute atomic E-state index is 0.224. The van der Waals surface area contributed by atoms with Gasteiger partial charge < -0.3 is 14.8 Å². The first-order valence-corrected chi connectivity index (χ1v) is 9.17. The number of esters is 1. The molecule has 0 atom stereocenters. The number of halogens is 2. The molecule has 25 heavy (non-hydrogen) atoms. The van der Waals surface area contributed by atoms with E-state index in [1.807, 2.05) is 0 Å². The zero-order valence-corrected chi connectivity index (χ0v) is 17.3. The molecule has 1 aliphatic rings. The Morgan fingerprint density at radius 2 is 1.96 bits per heavy atom. The van der Waals surface area contributed by atoms with Crippen LogP contribution in [0.3, 0.4) is 0 Å². The summed E-state index contributed by atoms with van der Waals surface area (Å²) in [5.74, 6) is -0.719. The summed E-state index contributed by atoms with van der Waals surface area (Å²) in [7, 11) is 1.44. The molecule has 7 nitrogen and oxygen atoms in total. The Morgan fingerprint density at radius 1 is 1.28 bits per heavy atom. The van der Waals surface area contributed by atoms with Crippen molar-refractivity contribution in [1.82, 2.24) is 5.32 Å². The molecule has 2 amide bonds. The van der Waals surface area contributed by atoms with Crippen LogP contribution in [0.25, 0.3) is 6.08 Å². The van der Waals surface area contributed by atoms with Crippen LogP contribution in [-0.4, -0.2) is 30.1 Å². The largest absolute Gasteiger partial charge is 0.493 e. The number of ether oxygens (including phenoxy) is 2. The van der Waals surface area contributed by atoms with E-state index < -0.39 is 11.9 Å². The molecule has 0 radical (unpaired) electrons. The van der Waals surface area contributed by atoms with E-state index in [0.717, 1.165) is 11.8 Å². The highest BCUT2D eigenvalue weighted by Crippen LogP contribution is 2.44. The summed E-state index contributed by atoms with van der Waals surface area (Å²) in [6, 6.07) is 1.62. The summed E-state index contributed by atoms with van der Waals surface area (Å²) >= 11 is 7.80. The van der Waals surface area contributed by atoms with E-state index in [9.17, 15) is 14.4 Å². The number of hydrogen-bond acceptors (Lipinski definition) is 6. The Labute approximate surface area is 164 Å². The van der Waals surface area contributed by atoms with Crippen molar-refractivity contribution in [1.29, 1.82) is 0 Å². The molecule has 1 aromatic carbocycles. The second-order valence-electron chi connectivity index (χ2n) is 4.73. The maximum atomic E-state index is 12.0. The van der Waals surface area contributed by atoms with Gasteiger partial charge in [0.2, 0.25) is 5.91 Å². The van der Waals surface area contributed by atoms with Crippen molar-refractivity contribution in [2.45, 2.75) is 13.8 Å². The molecule has 10 heteroatoms. The van der Waals surface area contributed by atoms with Gasteiger partial charge >= 0.3 is 5.97 Å². The summed E-state index contributed by atoms with van der Waals surface area (Å²) in [5, 5.41) is 2.70. The zero-order valence-electron chi connectivity index (χ0n) is 13.3. The minimum Gasteiger partial charge on any atom is -0.493 e. The van der Waals surface area contributed by atoms with E-state index in [1.165, 1.54) is 21.0 Å². The summed E-state index contributed by atoms with van der Waals surface area (Å²) in [6.07, 6.45) is 1.60. The number of carbonyl (C=O) groups is 3. The van der Waals surface area contributed by atoms with Gasteiger partial charge in [0.05, 0.1) is 16.5 Å². The molecule has 0 saturated carbocycles. The predicted octanol–water partition coefficient (Wildman–Crippen LogP) is 3.25. The Balaban J connectivity index is 2.41. The highest BCUT2D eigenvalue weighted by Gasteiger charge is 2.24. The molecule has 0 aromatic heterocycles. The molecule has 1 aromatic rings. The van der Waals surface area contributed by atoms with Crippen molar-refractivity contribution in [3.05, 3.63) is 25.5 Å². The standard InChI is InChI=1S/C15H12Br2N2O5S/c1-6(20)18-15-19-14(22)10(25-15)5-8-4-9(23-3)13(24-7(2)21)12(17)11(8)16/h4-5H,1-3H3,(H,18,19,20,22). The lowest BCUT2D eigenvalue weighted by Gasteiger charge is -2.13. The normalized spacial score (nSPS) is 15.2. The number of carbonyl (C=O) groups excluding carboxylic acids is 3. The van der Waals surface area contributed by atoms with Crippen LogP contribution in [0.5, 0.6) is 11.5 Å². The Hall–Kier alpha value is -1.65. The molecule has 0 spiro atoms. The van der Waals surface area contributed by atoms with Gasteiger partial charge in [-0.3, -0.25) is 14.4 Å². The summed E-state index contributed by atoms with van der Waals surface area (Å²) in [4.78, 5) is 38.4. The Kier molecular flexibility index (Phi) is 6.42. The van der Waals surface area contributed by atoms with Crippen LogP contribution in [-0.2, 0) is 14.4 Å². The van der Waals surface area contributed by atoms with Crippen LogP contribution in [0.1, 0.15) is 19.4 Å². The lowest BCUT2D eigenvalue weighted by atomic mass is 10.2. The van der Waals surface area contributed by atoms with Crippen molar-refractivity contribution < 1.29 is 23.9 Å². The number of rotatable bonds is 3. The number of methoxy groups -OCH3 is 1. The van der Waals surface area contributed by atoms with Crippen molar-refractivity contribution in [2.24, 2.45) is 4.99 Å². The molecule has 0 bridgehead atoms. The Morgan fingerprint density at radius 3 is 2.52 bits per heavy atom. The van der Waals surface area contributed by atoms with Crippen molar-refractivity contribution >= 4 is 72.6 Å². The third-order valence-electron chi connectivity index (χ3n) is 2.81. The smallest absolute Gasteiger partial charge is 0.308 e. The number of aliphatic imine (C=N–C) groups is 1. The summed E-state index contributed by atoms with van der Waals surface area (Å²) < 4.78 is 11.4. The third-order valence-corrected chi connectivity index (χ3v) is 5.85. The molecule has 1 heterocycles. The fourth-order valence-corrected chi connectivity index (χ4v) is 3.62. The number of amidine groups is 1. The molecule has 0 fully saturated rings. The maximum Gasteiger partial charge on any atom is 0.308 e. The first-order valence-electron chi connectivity index (χ1n) is 6.77. The fourth-order valence-electron chi connectivity index (χ4n) is 1.85. The average molecular weight is 492 g/mol. The first-order chi connectivity index (χ1) is 11.7. The molecular weight excluding hydrogens is 480 g/mol. The highest BCUT2D eigenvalue weighted by atomic mass is 79.9. The van der Waals surface area contributed by atoms with E-state index in [1.54, 1.807) is 12.1 Å². The average Bonchev–Trinajstić information content (AvgIpc) is 2.85. The second kappa shape index (κ2) is 8.15. The van der Waals surface area contributed by atoms with E-state index in [-0.39, 0.29) is 16.8 Å². The van der Waals surface area contributed by atoms with Gasteiger partial charge in [-0.05, 0) is 61.3 Å². The van der Waals surface area contributed by atoms with Crippen LogP contribution in [0, 0.1) is 0 Å². The number of benzene rings is 1. The van der Waals surface area contributed by atoms with Crippen LogP contribution in [0.2, 0.25) is 0 Å². The van der Waals surface area contributed by atoms with Gasteiger partial charge in [-0.15, -0.1) is 0 Å². The van der Waals surface area contributed by atoms with E-state index in [0.29, 0.717) is 25.2 Å². The van der Waals surface area contributed by atoms with Crippen molar-refractivity contribution in [3.63, 3.8) is 0 Å². The molecular formula is C15H12Br2N2O5S. The van der Waals surface area contributed by atoms with E-state index >= 15 is 0 Å². The zero-order chi connectivity index (χ0) is 18.7. The molecule has 0 unspecified atom stereocenters. The van der Waals surface area contributed by atoms with Gasteiger partial charge in [-0.1, -0.05) is 0 Å². The molecule has 0 aliphatic carbocycles. The molecule has 0 saturated heterocycles. The van der Waals surface area contributed by atoms with Gasteiger partial charge in [-0.2, -0.15) is 4.99 Å². The summed E-state index contributed by atoms with van der Waals surface area (Å²) in [5.41, 5.74) is 0.606. The van der Waals surface area contributed by atoms with Gasteiger partial charge in [-0.25, -0.2) is 0 Å². The van der Waals surface area contributed by atoms with Crippen LogP contribution >= 0.6 is 43.6 Å². The number of nitrogens with one attached hydrogen (secondary N) is 1. The van der Waals surface area contributed by atoms with Crippen molar-refractivity contribution in [3.8, 4) is 11.5 Å². The van der Waals surface area contributed by atoms with Gasteiger partial charge in [0, 0.05) is 18.3 Å². The number of nitrogens with zero attached hydrogens (tertiary/aromatic N) is 1. The molecule has 2 rings (SSSR count). The second-order valence-corrected chi connectivity index (χ2v) is 7.35. The molecule has 1 N–H and O–H groups in total. The van der Waals surface area contributed by atoms with Crippen LogP contribution in [0.4, 0.5) is 0 Å². The predicted molar refractivity (Wildman–Crippen MR) is 102 cm³/mol. The minimum atomic E-state index is -0.494. The maximum absolute atomic E-state index is 12.0. The summed E-state index contributed by atoms with van der Waals surface area (Å²) in [6.45, 7) is 2.62. The number of amides is 2. The third kappa shape index (κ3) is 4.71. The van der Waals surface area contributed by atoms with Crippen LogP contribution < -0.4 is 14.8 Å². The first kappa shape index (κ1) is 19.7. The molecule has 1 aliphatic heterocycles.